The molecule has 2 atom stereocenters. The van der Waals surface area contributed by atoms with Gasteiger partial charge in [-0.15, -0.1) is 5.53 Å². The third-order valence-electron chi connectivity index (χ3n) is 7.06. The summed E-state index contributed by atoms with van der Waals surface area (Å²) in [6, 6.07) is 17.3. The van der Waals surface area contributed by atoms with Gasteiger partial charge in [-0.25, -0.2) is 4.98 Å². The first-order chi connectivity index (χ1) is 19.9. The molecule has 0 saturated heterocycles. The Labute approximate surface area is 238 Å². The van der Waals surface area contributed by atoms with Crippen molar-refractivity contribution in [2.75, 3.05) is 10.6 Å². The van der Waals surface area contributed by atoms with Gasteiger partial charge in [0, 0.05) is 35.7 Å². The Kier molecular flexibility index (Phi) is 6.78. The van der Waals surface area contributed by atoms with Crippen molar-refractivity contribution in [2.24, 2.45) is 0 Å². The highest BCUT2D eigenvalue weighted by Crippen LogP contribution is 2.38. The van der Waals surface area contributed by atoms with Crippen molar-refractivity contribution in [3.05, 3.63) is 107 Å². The second kappa shape index (κ2) is 11.0. The van der Waals surface area contributed by atoms with Crippen LogP contribution < -0.4 is 21.6 Å². The fourth-order valence-corrected chi connectivity index (χ4v) is 5.09. The fourth-order valence-electron chi connectivity index (χ4n) is 4.82. The van der Waals surface area contributed by atoms with Crippen LogP contribution in [0, 0.1) is 17.3 Å². The molecule has 4 N–H and O–H groups in total. The lowest BCUT2D eigenvalue weighted by Gasteiger charge is -2.23. The number of pyridine rings is 2. The molecule has 202 valence electrons. The zero-order valence-corrected chi connectivity index (χ0v) is 22.5. The summed E-state index contributed by atoms with van der Waals surface area (Å²) in [6.07, 6.45) is 7.60. The Morgan fingerprint density at radius 1 is 1.15 bits per heavy atom. The number of hydrogen-bond acceptors (Lipinski definition) is 8. The molecule has 4 aromatic rings. The number of halogens is 2. The van der Waals surface area contributed by atoms with Crippen LogP contribution >= 0.6 is 11.6 Å². The van der Waals surface area contributed by atoms with E-state index >= 15 is 0 Å². The Bertz CT molecular complexity index is 1660. The monoisotopic (exact) mass is 555 g/mol. The van der Waals surface area contributed by atoms with E-state index in [4.69, 9.17) is 11.6 Å². The number of rotatable bonds is 9. The first-order valence-electron chi connectivity index (χ1n) is 13.7. The maximum absolute atomic E-state index is 13.8. The third-order valence-corrected chi connectivity index (χ3v) is 7.35. The van der Waals surface area contributed by atoms with Gasteiger partial charge in [-0.05, 0) is 48.6 Å². The van der Waals surface area contributed by atoms with E-state index in [1.54, 1.807) is 6.07 Å². The van der Waals surface area contributed by atoms with E-state index in [2.05, 4.69) is 44.6 Å². The average molecular weight is 556 g/mol. The Morgan fingerprint density at radius 3 is 2.67 bits per heavy atom. The van der Waals surface area contributed by atoms with Crippen LogP contribution in [-0.2, 0) is 0 Å². The highest BCUT2D eigenvalue weighted by Gasteiger charge is 2.32. The number of hydrazine groups is 2. The molecule has 10 heteroatoms. The van der Waals surface area contributed by atoms with E-state index in [9.17, 15) is 11.0 Å². The number of nitriles is 1. The second-order valence-corrected chi connectivity index (χ2v) is 10.2. The van der Waals surface area contributed by atoms with Gasteiger partial charge < -0.3 is 16.1 Å². The number of nitrogens with zero attached hydrogens (tertiary/aromatic N) is 4. The molecule has 0 spiro atoms. The molecular formula is C30H28ClFN8. The van der Waals surface area contributed by atoms with Crippen molar-refractivity contribution in [1.29, 1.82) is 5.26 Å². The minimum atomic E-state index is -1.59. The maximum Gasteiger partial charge on any atom is 0.212 e. The number of hydrogen-bond donors (Lipinski definition) is 4. The zero-order valence-electron chi connectivity index (χ0n) is 22.7. The molecule has 0 unspecified atom stereocenters. The number of fused-ring (bicyclic) bond motifs is 1. The van der Waals surface area contributed by atoms with Crippen LogP contribution in [0.5, 0.6) is 0 Å². The molecule has 2 aromatic heterocycles. The summed E-state index contributed by atoms with van der Waals surface area (Å²) in [5, 5.41) is 19.8. The van der Waals surface area contributed by atoms with Crippen LogP contribution in [0.4, 0.5) is 15.8 Å². The van der Waals surface area contributed by atoms with Gasteiger partial charge in [-0.3, -0.25) is 9.99 Å². The molecule has 40 heavy (non-hydrogen) atoms. The summed E-state index contributed by atoms with van der Waals surface area (Å²) < 4.78 is 23.3. The van der Waals surface area contributed by atoms with Gasteiger partial charge in [0.1, 0.15) is 6.07 Å². The van der Waals surface area contributed by atoms with Crippen molar-refractivity contribution in [3.8, 4) is 6.07 Å². The molecule has 3 heterocycles. The van der Waals surface area contributed by atoms with Gasteiger partial charge in [-0.1, -0.05) is 54.9 Å². The van der Waals surface area contributed by atoms with E-state index in [1.807, 2.05) is 47.6 Å². The van der Waals surface area contributed by atoms with Crippen LogP contribution in [0.2, 0.25) is 5.02 Å². The quantitative estimate of drug-likeness (QED) is 0.178. The smallest absolute Gasteiger partial charge is 0.212 e. The molecule has 1 aliphatic carbocycles. The van der Waals surface area contributed by atoms with Gasteiger partial charge in [0.05, 0.1) is 40.9 Å². The van der Waals surface area contributed by atoms with E-state index in [0.29, 0.717) is 50.2 Å². The lowest BCUT2D eigenvalue weighted by Crippen LogP contribution is -2.38. The molecule has 8 nitrogen and oxygen atoms in total. The van der Waals surface area contributed by atoms with Crippen LogP contribution in [0.15, 0.2) is 78.9 Å². The van der Waals surface area contributed by atoms with Crippen molar-refractivity contribution in [1.82, 2.24) is 25.9 Å². The van der Waals surface area contributed by atoms with Crippen molar-refractivity contribution < 1.29 is 5.76 Å². The summed E-state index contributed by atoms with van der Waals surface area (Å²) >= 11 is 6.76. The normalized spacial score (nSPS) is 17.3. The molecular weight excluding hydrogens is 527 g/mol. The highest BCUT2D eigenvalue weighted by molar-refractivity contribution is 6.35. The van der Waals surface area contributed by atoms with Crippen LogP contribution in [0.25, 0.3) is 10.9 Å². The number of aromatic nitrogens is 2. The summed E-state index contributed by atoms with van der Waals surface area (Å²) in [6.45, 7) is 2.08. The van der Waals surface area contributed by atoms with Gasteiger partial charge in [0.25, 0.3) is 0 Å². The van der Waals surface area contributed by atoms with Gasteiger partial charge >= 0.3 is 0 Å². The van der Waals surface area contributed by atoms with Gasteiger partial charge in [0.15, 0.2) is 0 Å². The minimum Gasteiger partial charge on any atom is -0.377 e. The van der Waals surface area contributed by atoms with Crippen LogP contribution in [0.1, 0.15) is 56.3 Å². The predicted molar refractivity (Wildman–Crippen MR) is 154 cm³/mol. The van der Waals surface area contributed by atoms with Gasteiger partial charge in [-0.2, -0.15) is 9.65 Å². The first kappa shape index (κ1) is 24.6. The largest absolute Gasteiger partial charge is 0.377 e. The lowest BCUT2D eigenvalue weighted by atomic mass is 10.0. The topological polar surface area (TPSA) is 101 Å². The molecule has 2 aliphatic rings. The first-order valence-corrected chi connectivity index (χ1v) is 13.5. The van der Waals surface area contributed by atoms with Crippen molar-refractivity contribution in [3.63, 3.8) is 0 Å². The molecule has 1 fully saturated rings. The molecule has 1 aliphatic heterocycles. The van der Waals surface area contributed by atoms with E-state index in [-0.39, 0.29) is 6.04 Å². The summed E-state index contributed by atoms with van der Waals surface area (Å²) in [5.74, 6) is -0.634. The Morgan fingerprint density at radius 2 is 1.98 bits per heavy atom. The van der Waals surface area contributed by atoms with E-state index in [0.717, 1.165) is 24.8 Å². The SMILES string of the molecule is [2H][C@@](Nc1cc(Cl)c2ncc(C#N)c(N[C@H](CC)c3ccccc3)c2c1)(C1=CN(C2CC2)NN1)c1ccc(F)nc1. The molecule has 0 radical (unpaired) electrons. The van der Waals surface area contributed by atoms with Crippen LogP contribution in [-0.4, -0.2) is 21.0 Å². The van der Waals surface area contributed by atoms with Crippen molar-refractivity contribution in [2.45, 2.75) is 44.3 Å². The molecule has 6 rings (SSSR count). The predicted octanol–water partition coefficient (Wildman–Crippen LogP) is 6.34. The van der Waals surface area contributed by atoms with Crippen LogP contribution in [0.3, 0.4) is 0 Å². The lowest BCUT2D eigenvalue weighted by molar-refractivity contribution is 0.260. The summed E-state index contributed by atoms with van der Waals surface area (Å²) in [4.78, 5) is 8.28. The standard InChI is InChI=1S/C30H28ClFN8/c1-2-25(18-6-4-3-5-7-18)37-28-20(14-33)16-35-30-23(28)12-21(13-24(30)31)36-29(19-8-11-27(32)34-15-19)26-17-40(39-38-26)22-9-10-22/h3-8,11-13,15-17,22,25,29,36,38-39H,2,9-10H2,1H3,(H,35,37)/t25-,29+/m1/s1/i29D. The average Bonchev–Trinajstić information content (AvgIpc) is 3.72. The van der Waals surface area contributed by atoms with E-state index < -0.39 is 12.0 Å². The second-order valence-electron chi connectivity index (χ2n) is 9.82. The maximum atomic E-state index is 13.8. The summed E-state index contributed by atoms with van der Waals surface area (Å²) in [7, 11) is 0. The number of benzene rings is 2. The third kappa shape index (κ3) is 5.24. The van der Waals surface area contributed by atoms with Crippen molar-refractivity contribution >= 4 is 33.9 Å². The number of anilines is 2. The molecule has 0 amide bonds. The summed E-state index contributed by atoms with van der Waals surface area (Å²) in [5.41, 5.74) is 10.3. The Balaban J connectivity index is 1.44. The molecule has 2 aromatic carbocycles. The van der Waals surface area contributed by atoms with E-state index in [1.165, 1.54) is 24.5 Å². The minimum absolute atomic E-state index is 0.0582. The molecule has 1 saturated carbocycles. The zero-order chi connectivity index (χ0) is 28.6. The highest BCUT2D eigenvalue weighted by atomic mass is 35.5. The Hall–Kier alpha value is -4.39. The fraction of sp³-hybridized carbons (Fsp3) is 0.233. The van der Waals surface area contributed by atoms with Gasteiger partial charge in [0.2, 0.25) is 5.95 Å². The number of nitrogens with one attached hydrogen (secondary N) is 4. The molecule has 0 bridgehead atoms.